The maximum absolute atomic E-state index is 11.7. The topological polar surface area (TPSA) is 80.8 Å². The van der Waals surface area contributed by atoms with Crippen LogP contribution in [0, 0.1) is 0 Å². The summed E-state index contributed by atoms with van der Waals surface area (Å²) >= 11 is 3.60. The van der Waals surface area contributed by atoms with Gasteiger partial charge >= 0.3 is 5.97 Å². The van der Waals surface area contributed by atoms with Crippen LogP contribution in [-0.2, 0) is 11.2 Å². The smallest absolute Gasteiger partial charge is 0.307 e. The lowest BCUT2D eigenvalue weighted by Gasteiger charge is -2.23. The van der Waals surface area contributed by atoms with Crippen LogP contribution in [-0.4, -0.2) is 36.4 Å². The largest absolute Gasteiger partial charge is 0.493 e. The zero-order valence-corrected chi connectivity index (χ0v) is 19.3. The third-order valence-corrected chi connectivity index (χ3v) is 6.46. The number of hydrogen-bond acceptors (Lipinski definition) is 4. The minimum atomic E-state index is -0.891. The molecule has 0 aliphatic heterocycles. The number of aromatic amines is 1. The molecule has 1 fully saturated rings. The van der Waals surface area contributed by atoms with Crippen molar-refractivity contribution in [2.75, 3.05) is 14.2 Å². The Morgan fingerprint density at radius 3 is 2.48 bits per heavy atom. The van der Waals surface area contributed by atoms with Gasteiger partial charge in [0.2, 0.25) is 0 Å². The molecule has 1 aromatic heterocycles. The van der Waals surface area contributed by atoms with Crippen molar-refractivity contribution in [1.82, 2.24) is 4.98 Å². The molecule has 0 spiro atoms. The second kappa shape index (κ2) is 9.22. The summed E-state index contributed by atoms with van der Waals surface area (Å²) in [7, 11) is 3.16. The van der Waals surface area contributed by atoms with Crippen molar-refractivity contribution in [2.45, 2.75) is 44.6 Å². The summed E-state index contributed by atoms with van der Waals surface area (Å²) in [5.41, 5.74) is 3.12. The number of aliphatic carboxylic acids is 1. The zero-order valence-electron chi connectivity index (χ0n) is 17.7. The van der Waals surface area contributed by atoms with Crippen LogP contribution in [0.5, 0.6) is 17.2 Å². The van der Waals surface area contributed by atoms with Gasteiger partial charge in [0.1, 0.15) is 5.75 Å². The number of carboxylic acids is 1. The molecule has 6 nitrogen and oxygen atoms in total. The number of H-pyrrole nitrogens is 1. The molecule has 2 aromatic carbocycles. The maximum atomic E-state index is 11.7. The summed E-state index contributed by atoms with van der Waals surface area (Å²) in [4.78, 5) is 15.1. The highest BCUT2D eigenvalue weighted by Crippen LogP contribution is 2.42. The van der Waals surface area contributed by atoms with E-state index in [1.807, 2.05) is 30.3 Å². The highest BCUT2D eigenvalue weighted by Gasteiger charge is 2.21. The van der Waals surface area contributed by atoms with Crippen molar-refractivity contribution in [3.05, 3.63) is 40.4 Å². The summed E-state index contributed by atoms with van der Waals surface area (Å²) in [6, 6.07) is 9.53. The average Bonchev–Trinajstić information content (AvgIpc) is 3.11. The summed E-state index contributed by atoms with van der Waals surface area (Å²) in [5.74, 6) is 1.06. The number of ether oxygens (including phenoxy) is 3. The number of carboxylic acid groups (broad SMARTS) is 1. The fraction of sp³-hybridized carbons (Fsp3) is 0.375. The van der Waals surface area contributed by atoms with Gasteiger partial charge in [-0.3, -0.25) is 4.79 Å². The molecule has 1 saturated carbocycles. The Balaban J connectivity index is 1.81. The standard InChI is InChI=1S/C24H26BrNO5/c1-29-21-11-18(19(25)13-22(21)30-2)24-17(12-23(27)28)16-10-15(8-9-20(16)26-24)31-14-6-4-3-5-7-14/h8-11,13-14,26H,3-7,12H2,1-2H3,(H,27,28). The van der Waals surface area contributed by atoms with Gasteiger partial charge in [-0.25, -0.2) is 0 Å². The van der Waals surface area contributed by atoms with Crippen molar-refractivity contribution in [3.63, 3.8) is 0 Å². The Morgan fingerprint density at radius 1 is 1.10 bits per heavy atom. The molecule has 31 heavy (non-hydrogen) atoms. The van der Waals surface area contributed by atoms with E-state index in [9.17, 15) is 9.90 Å². The molecule has 0 radical (unpaired) electrons. The van der Waals surface area contributed by atoms with E-state index in [-0.39, 0.29) is 12.5 Å². The molecular weight excluding hydrogens is 462 g/mol. The third kappa shape index (κ3) is 4.51. The number of halogens is 1. The third-order valence-electron chi connectivity index (χ3n) is 5.80. The molecule has 7 heteroatoms. The predicted molar refractivity (Wildman–Crippen MR) is 123 cm³/mol. The van der Waals surface area contributed by atoms with Gasteiger partial charge in [0, 0.05) is 20.9 Å². The van der Waals surface area contributed by atoms with E-state index in [1.54, 1.807) is 14.2 Å². The average molecular weight is 488 g/mol. The van der Waals surface area contributed by atoms with Crippen molar-refractivity contribution >= 4 is 32.8 Å². The van der Waals surface area contributed by atoms with Gasteiger partial charge in [0.05, 0.1) is 32.4 Å². The van der Waals surface area contributed by atoms with Crippen molar-refractivity contribution in [1.29, 1.82) is 0 Å². The van der Waals surface area contributed by atoms with E-state index in [1.165, 1.54) is 19.3 Å². The minimum absolute atomic E-state index is 0.108. The molecule has 1 heterocycles. The molecule has 0 atom stereocenters. The van der Waals surface area contributed by atoms with Gasteiger partial charge < -0.3 is 24.3 Å². The second-order valence-electron chi connectivity index (χ2n) is 7.82. The molecule has 1 aliphatic carbocycles. The minimum Gasteiger partial charge on any atom is -0.493 e. The summed E-state index contributed by atoms with van der Waals surface area (Å²) in [5, 5.41) is 10.5. The van der Waals surface area contributed by atoms with Crippen LogP contribution in [0.4, 0.5) is 0 Å². The number of fused-ring (bicyclic) bond motifs is 1. The number of nitrogens with one attached hydrogen (secondary N) is 1. The fourth-order valence-electron chi connectivity index (χ4n) is 4.29. The summed E-state index contributed by atoms with van der Waals surface area (Å²) in [6.07, 6.45) is 5.91. The van der Waals surface area contributed by atoms with Crippen LogP contribution in [0.15, 0.2) is 34.8 Å². The van der Waals surface area contributed by atoms with Crippen molar-refractivity contribution in [2.24, 2.45) is 0 Å². The van der Waals surface area contributed by atoms with Gasteiger partial charge in [-0.05, 0) is 77.5 Å². The molecule has 3 aromatic rings. The van der Waals surface area contributed by atoms with Gasteiger partial charge in [0.15, 0.2) is 11.5 Å². The molecule has 2 N–H and O–H groups in total. The SMILES string of the molecule is COc1cc(Br)c(-c2[nH]c3ccc(OC4CCCCC4)cc3c2CC(=O)O)cc1OC. The van der Waals surface area contributed by atoms with Crippen LogP contribution in [0.2, 0.25) is 0 Å². The van der Waals surface area contributed by atoms with E-state index in [0.717, 1.165) is 45.2 Å². The predicted octanol–water partition coefficient (Wildman–Crippen LogP) is 5.95. The molecular formula is C24H26BrNO5. The van der Waals surface area contributed by atoms with E-state index < -0.39 is 5.97 Å². The van der Waals surface area contributed by atoms with Crippen LogP contribution in [0.3, 0.4) is 0 Å². The van der Waals surface area contributed by atoms with Crippen molar-refractivity contribution in [3.8, 4) is 28.5 Å². The molecule has 164 valence electrons. The van der Waals surface area contributed by atoms with E-state index in [4.69, 9.17) is 14.2 Å². The van der Waals surface area contributed by atoms with Crippen molar-refractivity contribution < 1.29 is 24.1 Å². The molecule has 0 saturated heterocycles. The Morgan fingerprint density at radius 2 is 1.81 bits per heavy atom. The van der Waals surface area contributed by atoms with E-state index in [0.29, 0.717) is 17.1 Å². The molecule has 0 amide bonds. The number of carbonyl (C=O) groups is 1. The lowest BCUT2D eigenvalue weighted by atomic mass is 9.97. The van der Waals surface area contributed by atoms with Crippen LogP contribution < -0.4 is 14.2 Å². The van der Waals surface area contributed by atoms with Gasteiger partial charge in [-0.15, -0.1) is 0 Å². The summed E-state index contributed by atoms with van der Waals surface area (Å²) < 4.78 is 17.8. The number of rotatable bonds is 7. The van der Waals surface area contributed by atoms with Gasteiger partial charge in [-0.1, -0.05) is 6.42 Å². The first-order valence-corrected chi connectivity index (χ1v) is 11.2. The Hall–Kier alpha value is -2.67. The van der Waals surface area contributed by atoms with Gasteiger partial charge in [-0.2, -0.15) is 0 Å². The lowest BCUT2D eigenvalue weighted by molar-refractivity contribution is -0.136. The summed E-state index contributed by atoms with van der Waals surface area (Å²) in [6.45, 7) is 0. The second-order valence-corrected chi connectivity index (χ2v) is 8.68. The Labute approximate surface area is 189 Å². The zero-order chi connectivity index (χ0) is 22.0. The molecule has 0 bridgehead atoms. The van der Waals surface area contributed by atoms with E-state index >= 15 is 0 Å². The monoisotopic (exact) mass is 487 g/mol. The van der Waals surface area contributed by atoms with Crippen LogP contribution in [0.1, 0.15) is 37.7 Å². The fourth-order valence-corrected chi connectivity index (χ4v) is 4.81. The van der Waals surface area contributed by atoms with Crippen LogP contribution >= 0.6 is 15.9 Å². The highest BCUT2D eigenvalue weighted by atomic mass is 79.9. The van der Waals surface area contributed by atoms with Crippen LogP contribution in [0.25, 0.3) is 22.2 Å². The number of methoxy groups -OCH3 is 2. The quantitative estimate of drug-likeness (QED) is 0.430. The molecule has 1 aliphatic rings. The first-order chi connectivity index (χ1) is 15.0. The lowest BCUT2D eigenvalue weighted by Crippen LogP contribution is -2.19. The number of benzene rings is 2. The molecule has 0 unspecified atom stereocenters. The number of aromatic nitrogens is 1. The maximum Gasteiger partial charge on any atom is 0.307 e. The first-order valence-electron chi connectivity index (χ1n) is 10.4. The van der Waals surface area contributed by atoms with Gasteiger partial charge in [0.25, 0.3) is 0 Å². The normalized spacial score (nSPS) is 14.5. The highest BCUT2D eigenvalue weighted by molar-refractivity contribution is 9.10. The Bertz CT molecular complexity index is 1100. The van der Waals surface area contributed by atoms with E-state index in [2.05, 4.69) is 20.9 Å². The Kier molecular flexibility index (Phi) is 6.41. The number of hydrogen-bond donors (Lipinski definition) is 2. The first kappa shape index (κ1) is 21.6. The molecule has 4 rings (SSSR count).